The van der Waals surface area contributed by atoms with Crippen LogP contribution < -0.4 is 14.4 Å². The number of carbonyl (C=O) groups excluding carboxylic acids is 2. The molecule has 33 heavy (non-hydrogen) atoms. The van der Waals surface area contributed by atoms with E-state index in [1.807, 2.05) is 53.6 Å². The summed E-state index contributed by atoms with van der Waals surface area (Å²) in [5.74, 6) is -1.24. The monoisotopic (exact) mass is 443 g/mol. The van der Waals surface area contributed by atoms with Gasteiger partial charge in [0.05, 0.1) is 12.6 Å². The standard InChI is InChI=1S/C26H25N3O4/c1-2-17-33-21-11-9-20(10-12-21)24(30)22-23(19-7-4-3-5-8-19)29(26(32)25(22)31)15-6-14-28-16-13-27-18-28/h2-5,7-13,16,18,23H,1,6,14-15,17H2,(H,30,31). The topological polar surface area (TPSA) is 89.3 Å². The van der Waals surface area contributed by atoms with Gasteiger partial charge in [-0.15, -0.1) is 0 Å². The highest BCUT2D eigenvalue weighted by atomic mass is 16.5. The Kier molecular flexibility index (Phi) is 6.69. The molecule has 1 atom stereocenters. The third kappa shape index (κ3) is 4.72. The summed E-state index contributed by atoms with van der Waals surface area (Å²) in [5.41, 5.74) is 1.06. The Labute approximate surface area is 192 Å². The van der Waals surface area contributed by atoms with E-state index in [-0.39, 0.29) is 5.57 Å². The lowest BCUT2D eigenvalue weighted by Crippen LogP contribution is -2.36. The van der Waals surface area contributed by atoms with Gasteiger partial charge >= 0.3 is 0 Å². The van der Waals surface area contributed by atoms with Crippen molar-refractivity contribution in [3.63, 3.8) is 0 Å². The van der Waals surface area contributed by atoms with E-state index in [1.54, 1.807) is 30.3 Å². The molecule has 0 aliphatic carbocycles. The first kappa shape index (κ1) is 22.1. The molecule has 0 saturated carbocycles. The Morgan fingerprint density at radius 3 is 2.58 bits per heavy atom. The van der Waals surface area contributed by atoms with Gasteiger partial charge in [0.2, 0.25) is 12.1 Å². The molecule has 4 rings (SSSR count). The Hall–Kier alpha value is -4.13. The number of Topliss-reactive ketones (excluding diaryl/α,β-unsaturated/α-hetero) is 1. The van der Waals surface area contributed by atoms with Crippen molar-refractivity contribution in [1.82, 2.24) is 9.88 Å². The van der Waals surface area contributed by atoms with Crippen LogP contribution >= 0.6 is 0 Å². The molecule has 0 radical (unpaired) electrons. The summed E-state index contributed by atoms with van der Waals surface area (Å²) in [5, 5.41) is 13.4. The van der Waals surface area contributed by atoms with Crippen molar-refractivity contribution in [2.24, 2.45) is 0 Å². The van der Waals surface area contributed by atoms with Crippen LogP contribution in [0.25, 0.3) is 5.76 Å². The number of amides is 1. The Balaban J connectivity index is 1.66. The Bertz CT molecular complexity index is 1150. The minimum atomic E-state index is -0.741. The van der Waals surface area contributed by atoms with Crippen LogP contribution in [-0.4, -0.2) is 34.7 Å². The van der Waals surface area contributed by atoms with Crippen LogP contribution in [0.15, 0.2) is 91.5 Å². The molecule has 1 saturated heterocycles. The number of nitrogens with one attached hydrogen (secondary N) is 1. The Morgan fingerprint density at radius 1 is 1.15 bits per heavy atom. The zero-order valence-electron chi connectivity index (χ0n) is 18.1. The van der Waals surface area contributed by atoms with E-state index >= 15 is 0 Å². The van der Waals surface area contributed by atoms with Gasteiger partial charge in [-0.25, -0.2) is 4.57 Å². The summed E-state index contributed by atoms with van der Waals surface area (Å²) < 4.78 is 7.43. The number of likely N-dealkylation sites (tertiary alicyclic amines) is 1. The van der Waals surface area contributed by atoms with Gasteiger partial charge in [-0.2, -0.15) is 0 Å². The summed E-state index contributed by atoms with van der Waals surface area (Å²) >= 11 is 0. The number of imidazole rings is 1. The van der Waals surface area contributed by atoms with Gasteiger partial charge in [0.1, 0.15) is 24.8 Å². The zero-order valence-corrected chi connectivity index (χ0v) is 18.1. The van der Waals surface area contributed by atoms with Crippen LogP contribution in [0.5, 0.6) is 5.75 Å². The summed E-state index contributed by atoms with van der Waals surface area (Å²) in [6.07, 6.45) is 7.81. The highest BCUT2D eigenvalue weighted by Crippen LogP contribution is 2.38. The molecule has 1 aliphatic heterocycles. The molecule has 168 valence electrons. The van der Waals surface area contributed by atoms with E-state index in [0.717, 1.165) is 5.56 Å². The van der Waals surface area contributed by atoms with Crippen LogP contribution in [0.2, 0.25) is 0 Å². The first-order valence-corrected chi connectivity index (χ1v) is 10.8. The second-order valence-corrected chi connectivity index (χ2v) is 7.71. The number of ether oxygens (including phenoxy) is 1. The van der Waals surface area contributed by atoms with Crippen molar-refractivity contribution in [1.29, 1.82) is 0 Å². The molecule has 1 aliphatic rings. The average molecular weight is 444 g/mol. The summed E-state index contributed by atoms with van der Waals surface area (Å²) in [6, 6.07) is 15.1. The molecule has 7 nitrogen and oxygen atoms in total. The van der Waals surface area contributed by atoms with E-state index < -0.39 is 23.5 Å². The van der Waals surface area contributed by atoms with Crippen LogP contribution in [-0.2, 0) is 16.1 Å². The molecular weight excluding hydrogens is 418 g/mol. The van der Waals surface area contributed by atoms with Crippen molar-refractivity contribution >= 4 is 17.4 Å². The number of ketones is 1. The number of aryl methyl sites for hydroxylation is 1. The quantitative estimate of drug-likeness (QED) is 0.181. The van der Waals surface area contributed by atoms with Crippen molar-refractivity contribution in [2.75, 3.05) is 13.2 Å². The van der Waals surface area contributed by atoms with E-state index in [0.29, 0.717) is 37.4 Å². The van der Waals surface area contributed by atoms with Crippen LogP contribution in [0.3, 0.4) is 0 Å². The number of aromatic nitrogens is 2. The number of rotatable bonds is 9. The van der Waals surface area contributed by atoms with Crippen molar-refractivity contribution in [3.05, 3.63) is 103 Å². The number of benzene rings is 2. The molecule has 1 amide bonds. The SMILES string of the molecule is C=CCOc1ccc(C([O-])=C2C(=O)C(=O)N(CCC[n+]3cc[nH]c3)C2c2ccccc2)cc1. The molecule has 1 N–H and O–H groups in total. The number of carbonyl (C=O) groups is 2. The predicted octanol–water partition coefficient (Wildman–Crippen LogP) is 2.18. The lowest BCUT2D eigenvalue weighted by molar-refractivity contribution is -0.695. The van der Waals surface area contributed by atoms with Crippen molar-refractivity contribution in [2.45, 2.75) is 19.0 Å². The molecular formula is C26H25N3O4. The number of H-pyrrole nitrogens is 1. The summed E-state index contributed by atoms with van der Waals surface area (Å²) in [6.45, 7) is 4.99. The van der Waals surface area contributed by atoms with E-state index in [1.165, 1.54) is 4.90 Å². The van der Waals surface area contributed by atoms with Crippen molar-refractivity contribution < 1.29 is 24.0 Å². The number of hydrogen-bond acceptors (Lipinski definition) is 4. The second kappa shape index (κ2) is 9.99. The van der Waals surface area contributed by atoms with E-state index in [4.69, 9.17) is 4.74 Å². The largest absolute Gasteiger partial charge is 0.872 e. The normalized spacial score (nSPS) is 17.3. The van der Waals surface area contributed by atoms with Gasteiger partial charge in [-0.1, -0.05) is 60.9 Å². The van der Waals surface area contributed by atoms with Gasteiger partial charge in [0, 0.05) is 18.5 Å². The number of nitrogens with zero attached hydrogens (tertiary/aromatic N) is 2. The predicted molar refractivity (Wildman–Crippen MR) is 121 cm³/mol. The minimum absolute atomic E-state index is 0.0137. The molecule has 1 unspecified atom stereocenters. The fourth-order valence-electron chi connectivity index (χ4n) is 3.98. The molecule has 7 heteroatoms. The fourth-order valence-corrected chi connectivity index (χ4v) is 3.98. The van der Waals surface area contributed by atoms with Crippen molar-refractivity contribution in [3.8, 4) is 5.75 Å². The van der Waals surface area contributed by atoms with Gasteiger partial charge in [0.15, 0.2) is 0 Å². The third-order valence-electron chi connectivity index (χ3n) is 5.55. The molecule has 1 fully saturated rings. The highest BCUT2D eigenvalue weighted by molar-refractivity contribution is 6.46. The average Bonchev–Trinajstić information content (AvgIpc) is 3.45. The zero-order chi connectivity index (χ0) is 23.2. The van der Waals surface area contributed by atoms with Gasteiger partial charge < -0.3 is 14.7 Å². The molecule has 0 bridgehead atoms. The molecule has 3 aromatic rings. The highest BCUT2D eigenvalue weighted by Gasteiger charge is 2.43. The van der Waals surface area contributed by atoms with Gasteiger partial charge in [-0.05, 0) is 23.3 Å². The minimum Gasteiger partial charge on any atom is -0.872 e. The van der Waals surface area contributed by atoms with Gasteiger partial charge in [-0.3, -0.25) is 14.6 Å². The lowest BCUT2D eigenvalue weighted by Gasteiger charge is -2.27. The molecule has 2 aromatic carbocycles. The second-order valence-electron chi connectivity index (χ2n) is 7.71. The molecule has 1 aromatic heterocycles. The fraction of sp³-hybridized carbons (Fsp3) is 0.192. The maximum Gasteiger partial charge on any atom is 0.295 e. The maximum atomic E-state index is 13.4. The summed E-state index contributed by atoms with van der Waals surface area (Å²) in [4.78, 5) is 30.5. The third-order valence-corrected chi connectivity index (χ3v) is 5.55. The maximum absolute atomic E-state index is 13.4. The first-order chi connectivity index (χ1) is 16.1. The van der Waals surface area contributed by atoms with Crippen LogP contribution in [0.1, 0.15) is 23.6 Å². The number of hydrogen-bond donors (Lipinski definition) is 1. The first-order valence-electron chi connectivity index (χ1n) is 10.8. The van der Waals surface area contributed by atoms with E-state index in [9.17, 15) is 14.7 Å². The lowest BCUT2D eigenvalue weighted by atomic mass is 9.95. The summed E-state index contributed by atoms with van der Waals surface area (Å²) in [7, 11) is 0. The number of aromatic amines is 1. The molecule has 0 spiro atoms. The Morgan fingerprint density at radius 2 is 1.91 bits per heavy atom. The molecule has 2 heterocycles. The smallest absolute Gasteiger partial charge is 0.295 e. The van der Waals surface area contributed by atoms with Gasteiger partial charge in [0.25, 0.3) is 5.91 Å². The van der Waals surface area contributed by atoms with Crippen LogP contribution in [0, 0.1) is 0 Å². The van der Waals surface area contributed by atoms with E-state index in [2.05, 4.69) is 11.6 Å². The van der Waals surface area contributed by atoms with Crippen LogP contribution in [0.4, 0.5) is 0 Å².